The number of thioether (sulfide) groups is 1. The molecule has 688 valence electrons. The first kappa shape index (κ1) is 108. The monoisotopic (exact) mass is 1730 g/mol. The number of benzene rings is 2. The van der Waals surface area contributed by atoms with Crippen LogP contribution in [0.4, 0.5) is 10.5 Å². The van der Waals surface area contributed by atoms with E-state index in [-0.39, 0.29) is 81.2 Å². The molecule has 35 heteroatoms. The van der Waals surface area contributed by atoms with Crippen LogP contribution >= 0.6 is 11.8 Å². The maximum absolute atomic E-state index is 14.8. The molecule has 121 heavy (non-hydrogen) atoms. The number of methoxy groups -OCH3 is 3. The van der Waals surface area contributed by atoms with Crippen LogP contribution in [0.3, 0.4) is 0 Å². The van der Waals surface area contributed by atoms with E-state index in [1.807, 2.05) is 45.9 Å². The van der Waals surface area contributed by atoms with E-state index in [0.717, 1.165) is 12.8 Å². The summed E-state index contributed by atoms with van der Waals surface area (Å²) in [5.41, 5.74) is 1.62. The number of amides is 10. The largest absolute Gasteiger partial charge is 0.469 e. The Kier molecular flexibility index (Phi) is 54.7. The van der Waals surface area contributed by atoms with Gasteiger partial charge in [-0.15, -0.1) is 0 Å². The van der Waals surface area contributed by atoms with Crippen LogP contribution in [0.1, 0.15) is 158 Å². The fourth-order valence-electron chi connectivity index (χ4n) is 13.6. The van der Waals surface area contributed by atoms with Crippen LogP contribution in [-0.4, -0.2) is 312 Å². The molecule has 0 bridgehead atoms. The van der Waals surface area contributed by atoms with Crippen LogP contribution in [0.25, 0.3) is 0 Å². The van der Waals surface area contributed by atoms with Crippen molar-refractivity contribution in [1.82, 2.24) is 46.6 Å². The van der Waals surface area contributed by atoms with Crippen LogP contribution in [0.5, 0.6) is 0 Å². The minimum absolute atomic E-state index is 0.0156. The number of likely N-dealkylation sites (N-methyl/N-ethyl adjacent to an activating group) is 2. The molecule has 0 aliphatic carbocycles. The normalized spacial score (nSPS) is 15.8. The summed E-state index contributed by atoms with van der Waals surface area (Å²) in [5, 5.41) is 30.2. The van der Waals surface area contributed by atoms with Gasteiger partial charge >= 0.3 is 12.1 Å². The third-order valence-electron chi connectivity index (χ3n) is 20.9. The molecule has 13 atom stereocenters. The standard InChI is InChI=1S/C86H144N10O24S/c1-18-60(8)77(68(109-14)54-72(99)96-37-25-28-67(96)79(111-16)61(9)80(102)89-62(10)78(101)65-26-21-19-22-27-65)94(12)85(107)75(58(4)5)93-84(106)76(59(6)7)95(13)86(108)120-56-64-30-32-66(33-31-64)91-81(103)63(11)90-83(105)74(57(2)3)92-71(98)34-38-112-40-42-114-44-46-116-48-50-118-52-53-119-51-49-117-47-45-115-43-41-113-39-36-87-70(97)29-23-20-24-35-88-82(104)69(121-17)55-73(100)110-15/h19,21-22,26-27,30-33,57-63,67-69,74-79,101H,18,20,23-25,28-29,34-56H2,1-17H3,(H,87,97)(H,88,104)(H,89,102)(H,90,105)(H,91,103)(H,92,98)(H,93,106)/t60-,61+,62+,63-,67-,68+,69?,74-,75-,76-,77-,78+,79+/m0/s1. The zero-order chi connectivity index (χ0) is 89.8. The van der Waals surface area contributed by atoms with Crippen molar-refractivity contribution in [3.63, 3.8) is 0 Å². The Labute approximate surface area is 721 Å². The van der Waals surface area contributed by atoms with Gasteiger partial charge in [-0.1, -0.05) is 118 Å². The van der Waals surface area contributed by atoms with Gasteiger partial charge < -0.3 is 109 Å². The van der Waals surface area contributed by atoms with Crippen molar-refractivity contribution in [2.45, 2.75) is 213 Å². The number of rotatable bonds is 65. The van der Waals surface area contributed by atoms with Gasteiger partial charge in [-0.25, -0.2) is 4.79 Å². The molecule has 1 unspecified atom stereocenters. The van der Waals surface area contributed by atoms with Crippen molar-refractivity contribution in [3.8, 4) is 0 Å². The van der Waals surface area contributed by atoms with E-state index in [2.05, 4.69) is 42.0 Å². The molecule has 10 amide bonds. The van der Waals surface area contributed by atoms with Crippen LogP contribution in [0, 0.1) is 29.6 Å². The summed E-state index contributed by atoms with van der Waals surface area (Å²) in [6.07, 6.45) is 3.02. The summed E-state index contributed by atoms with van der Waals surface area (Å²) in [7, 11) is 7.41. The number of carbonyl (C=O) groups is 11. The zero-order valence-corrected chi connectivity index (χ0v) is 75.6. The maximum Gasteiger partial charge on any atom is 0.410 e. The number of nitrogens with one attached hydrogen (secondary N) is 7. The maximum atomic E-state index is 14.8. The number of aliphatic hydroxyl groups is 1. The molecule has 1 heterocycles. The minimum atomic E-state index is -1.07. The molecule has 1 saturated heterocycles. The van der Waals surface area contributed by atoms with Crippen LogP contribution in [0.15, 0.2) is 54.6 Å². The van der Waals surface area contributed by atoms with Crippen molar-refractivity contribution in [1.29, 1.82) is 0 Å². The number of likely N-dealkylation sites (tertiary alicyclic amines) is 1. The number of nitrogens with zero attached hydrogens (tertiary/aromatic N) is 3. The van der Waals surface area contributed by atoms with Crippen LogP contribution in [-0.2, 0) is 111 Å². The summed E-state index contributed by atoms with van der Waals surface area (Å²) in [4.78, 5) is 151. The molecule has 1 fully saturated rings. The van der Waals surface area contributed by atoms with Gasteiger partial charge in [0.15, 0.2) is 0 Å². The molecule has 34 nitrogen and oxygen atoms in total. The summed E-state index contributed by atoms with van der Waals surface area (Å²) in [5.74, 6) is -5.73. The molecule has 3 rings (SSSR count). The number of hydrogen-bond donors (Lipinski definition) is 8. The highest BCUT2D eigenvalue weighted by molar-refractivity contribution is 7.99. The second-order valence-electron chi connectivity index (χ2n) is 31.1. The molecular formula is C86H144N10O24S. The first-order valence-corrected chi connectivity index (χ1v) is 43.8. The minimum Gasteiger partial charge on any atom is -0.469 e. The third-order valence-corrected chi connectivity index (χ3v) is 21.8. The highest BCUT2D eigenvalue weighted by Crippen LogP contribution is 2.31. The highest BCUT2D eigenvalue weighted by atomic mass is 32.2. The van der Waals surface area contributed by atoms with E-state index < -0.39 is 125 Å². The average molecular weight is 1730 g/mol. The molecule has 0 radical (unpaired) electrons. The molecule has 0 saturated carbocycles. The van der Waals surface area contributed by atoms with E-state index >= 15 is 0 Å². The topological polar surface area (TPSA) is 413 Å². The number of carbonyl (C=O) groups excluding carboxylic acids is 11. The van der Waals surface area contributed by atoms with Gasteiger partial charge in [0.2, 0.25) is 53.2 Å². The van der Waals surface area contributed by atoms with E-state index in [1.54, 1.807) is 101 Å². The van der Waals surface area contributed by atoms with E-state index in [9.17, 15) is 57.8 Å². The summed E-state index contributed by atoms with van der Waals surface area (Å²) in [6, 6.07) is 9.85. The lowest BCUT2D eigenvalue weighted by Crippen LogP contribution is -2.60. The Morgan fingerprint density at radius 1 is 0.545 bits per heavy atom. The lowest BCUT2D eigenvalue weighted by molar-refractivity contribution is -0.148. The van der Waals surface area contributed by atoms with Crippen molar-refractivity contribution < 1.29 is 115 Å². The Morgan fingerprint density at radius 3 is 1.61 bits per heavy atom. The summed E-state index contributed by atoms with van der Waals surface area (Å²) < 4.78 is 66.7. The Balaban J connectivity index is 1.29. The zero-order valence-electron chi connectivity index (χ0n) is 74.7. The fraction of sp³-hybridized carbons (Fsp3) is 0.733. The van der Waals surface area contributed by atoms with Gasteiger partial charge in [-0.3, -0.25) is 52.8 Å². The molecule has 2 aromatic rings. The van der Waals surface area contributed by atoms with Gasteiger partial charge in [0, 0.05) is 66.5 Å². The van der Waals surface area contributed by atoms with Gasteiger partial charge in [-0.05, 0) is 92.7 Å². The van der Waals surface area contributed by atoms with Gasteiger partial charge in [-0.2, -0.15) is 11.8 Å². The molecule has 1 aliphatic rings. The van der Waals surface area contributed by atoms with Gasteiger partial charge in [0.05, 0.1) is 173 Å². The Hall–Kier alpha value is -7.68. The number of esters is 1. The molecule has 8 N–H and O–H groups in total. The lowest BCUT2D eigenvalue weighted by Gasteiger charge is -2.41. The van der Waals surface area contributed by atoms with Crippen molar-refractivity contribution in [2.24, 2.45) is 29.6 Å². The third kappa shape index (κ3) is 41.1. The van der Waals surface area contributed by atoms with E-state index in [1.165, 1.54) is 52.0 Å². The number of ether oxygens (including phenoxy) is 12. The SMILES string of the molecule is CC[C@H](C)[C@@H]([C@@H](CC(=O)N1CCC[C@H]1[C@H](OC)[C@@H](C)C(=O)N[C@H](C)[C@@H](O)c1ccccc1)OC)N(C)C(=O)[C@@H](NC(=O)[C@H](C(C)C)N(C)C(=O)OCc1ccc(NC(=O)[C@H](C)NC(=O)[C@@H](NC(=O)CCOCCOCCOCCOCCOCCOCCOCCOCCNC(=O)CCCCCNC(=O)C(CC(=O)OC)SC)C(C)C)cc1)C(C)C. The quantitative estimate of drug-likeness (QED) is 0.0287. The first-order chi connectivity index (χ1) is 57.9. The van der Waals surface area contributed by atoms with E-state index in [0.29, 0.717) is 154 Å². The van der Waals surface area contributed by atoms with E-state index in [4.69, 9.17) is 52.1 Å². The molecule has 1 aliphatic heterocycles. The number of unbranched alkanes of at least 4 members (excludes halogenated alkanes) is 2. The van der Waals surface area contributed by atoms with Crippen molar-refractivity contribution >= 4 is 82.7 Å². The lowest BCUT2D eigenvalue weighted by atomic mass is 9.89. The predicted molar refractivity (Wildman–Crippen MR) is 458 cm³/mol. The first-order valence-electron chi connectivity index (χ1n) is 42.5. The van der Waals surface area contributed by atoms with Crippen LogP contribution in [0.2, 0.25) is 0 Å². The summed E-state index contributed by atoms with van der Waals surface area (Å²) >= 11 is 1.30. The average Bonchev–Trinajstić information content (AvgIpc) is 1.79. The fourth-order valence-corrected chi connectivity index (χ4v) is 14.2. The smallest absolute Gasteiger partial charge is 0.410 e. The predicted octanol–water partition coefficient (Wildman–Crippen LogP) is 5.77. The van der Waals surface area contributed by atoms with Crippen LogP contribution < -0.4 is 37.2 Å². The molecule has 0 spiro atoms. The molecule has 0 aromatic heterocycles. The Bertz CT molecular complexity index is 3330. The van der Waals surface area contributed by atoms with Gasteiger partial charge in [0.1, 0.15) is 30.8 Å². The number of hydrogen-bond acceptors (Lipinski definition) is 25. The second kappa shape index (κ2) is 61.6. The van der Waals surface area contributed by atoms with Gasteiger partial charge in [0.25, 0.3) is 0 Å². The molecule has 2 aromatic carbocycles. The Morgan fingerprint density at radius 2 is 1.10 bits per heavy atom. The second-order valence-corrected chi connectivity index (χ2v) is 32.2. The van der Waals surface area contributed by atoms with Crippen molar-refractivity contribution in [3.05, 3.63) is 65.7 Å². The number of anilines is 1. The summed E-state index contributed by atoms with van der Waals surface area (Å²) in [6.45, 7) is 26.4. The molecular weight excluding hydrogens is 1590 g/mol. The number of aliphatic hydroxyl groups excluding tert-OH is 1. The highest BCUT2D eigenvalue weighted by Gasteiger charge is 2.44. The van der Waals surface area contributed by atoms with Crippen molar-refractivity contribution in [2.75, 3.05) is 172 Å².